The molecule has 184 valence electrons. The first kappa shape index (κ1) is 23.2. The molecule has 1 atom stereocenters. The topological polar surface area (TPSA) is 69.9 Å². The first-order valence-electron chi connectivity index (χ1n) is 12.1. The summed E-state index contributed by atoms with van der Waals surface area (Å²) in [5.74, 6) is 0.799. The second-order valence-corrected chi connectivity index (χ2v) is 10.1. The van der Waals surface area contributed by atoms with E-state index >= 15 is 0 Å². The van der Waals surface area contributed by atoms with Crippen molar-refractivity contribution in [1.82, 2.24) is 4.57 Å². The summed E-state index contributed by atoms with van der Waals surface area (Å²) in [4.78, 5) is 31.0. The molecule has 1 aromatic heterocycles. The highest BCUT2D eigenvalue weighted by Crippen LogP contribution is 2.41. The van der Waals surface area contributed by atoms with E-state index in [2.05, 4.69) is 18.2 Å². The van der Waals surface area contributed by atoms with Crippen LogP contribution in [0.5, 0.6) is 11.5 Å². The monoisotopic (exact) mass is 508 g/mol. The molecule has 4 aromatic rings. The Balaban J connectivity index is 1.57. The summed E-state index contributed by atoms with van der Waals surface area (Å²) >= 11 is 1.37. The van der Waals surface area contributed by atoms with Crippen LogP contribution in [0.2, 0.25) is 0 Å². The van der Waals surface area contributed by atoms with E-state index in [0.29, 0.717) is 15.1 Å². The fraction of sp³-hybridized carbons (Fsp3) is 0.167. The van der Waals surface area contributed by atoms with Crippen molar-refractivity contribution >= 4 is 29.1 Å². The molecule has 2 aliphatic rings. The molecule has 0 radical (unpaired) electrons. The Morgan fingerprint density at radius 3 is 2.68 bits per heavy atom. The summed E-state index contributed by atoms with van der Waals surface area (Å²) in [6, 6.07) is 23.2. The number of esters is 1. The molecule has 6 nitrogen and oxygen atoms in total. The average molecular weight is 509 g/mol. The van der Waals surface area contributed by atoms with Gasteiger partial charge in [0.05, 0.1) is 23.4 Å². The molecule has 6 rings (SSSR count). The van der Waals surface area contributed by atoms with Gasteiger partial charge >= 0.3 is 5.97 Å². The lowest BCUT2D eigenvalue weighted by Gasteiger charge is -2.31. The molecule has 0 saturated heterocycles. The fourth-order valence-electron chi connectivity index (χ4n) is 5.12. The number of nitrogens with zero attached hydrogens (tertiary/aromatic N) is 2. The second-order valence-electron chi connectivity index (χ2n) is 9.06. The van der Waals surface area contributed by atoms with Crippen LogP contribution < -0.4 is 24.4 Å². The molecule has 0 bridgehead atoms. The molecule has 0 amide bonds. The third-order valence-electron chi connectivity index (χ3n) is 6.70. The average Bonchev–Trinajstić information content (AvgIpc) is 3.21. The van der Waals surface area contributed by atoms with E-state index in [1.165, 1.54) is 23.8 Å². The molecule has 3 aromatic carbocycles. The van der Waals surface area contributed by atoms with Crippen molar-refractivity contribution in [1.29, 1.82) is 0 Å². The Morgan fingerprint density at radius 2 is 1.84 bits per heavy atom. The van der Waals surface area contributed by atoms with Crippen molar-refractivity contribution < 1.29 is 14.3 Å². The maximum Gasteiger partial charge on any atom is 0.308 e. The predicted octanol–water partition coefficient (Wildman–Crippen LogP) is 4.25. The molecule has 0 unspecified atom stereocenters. The molecule has 0 fully saturated rings. The van der Waals surface area contributed by atoms with Gasteiger partial charge in [0.1, 0.15) is 11.5 Å². The summed E-state index contributed by atoms with van der Waals surface area (Å²) < 4.78 is 13.1. The van der Waals surface area contributed by atoms with Gasteiger partial charge < -0.3 is 9.47 Å². The number of aryl methyl sites for hydroxylation is 1. The quantitative estimate of drug-likeness (QED) is 0.305. The van der Waals surface area contributed by atoms with Crippen molar-refractivity contribution in [3.63, 3.8) is 0 Å². The SMILES string of the molecule is COc1cccc([C@H]2C3=C(N=c4s/c(=C/c5cccc(OC(C)=O)c5)c(=O)n42)c2ccccc2CC3)c1. The zero-order valence-electron chi connectivity index (χ0n) is 20.4. The minimum absolute atomic E-state index is 0.0973. The number of hydrogen-bond donors (Lipinski definition) is 0. The Bertz CT molecular complexity index is 1760. The zero-order chi connectivity index (χ0) is 25.5. The number of benzene rings is 3. The lowest BCUT2D eigenvalue weighted by molar-refractivity contribution is -0.131. The summed E-state index contributed by atoms with van der Waals surface area (Å²) in [5.41, 5.74) is 6.17. The highest BCUT2D eigenvalue weighted by atomic mass is 32.1. The minimum Gasteiger partial charge on any atom is -0.497 e. The molecule has 37 heavy (non-hydrogen) atoms. The van der Waals surface area contributed by atoms with E-state index in [1.54, 1.807) is 25.3 Å². The van der Waals surface area contributed by atoms with E-state index in [4.69, 9.17) is 14.5 Å². The molecule has 0 N–H and O–H groups in total. The lowest BCUT2D eigenvalue weighted by atomic mass is 9.83. The fourth-order valence-corrected chi connectivity index (χ4v) is 6.12. The third-order valence-corrected chi connectivity index (χ3v) is 7.68. The predicted molar refractivity (Wildman–Crippen MR) is 143 cm³/mol. The van der Waals surface area contributed by atoms with Crippen LogP contribution in [0.15, 0.2) is 88.2 Å². The van der Waals surface area contributed by atoms with Crippen molar-refractivity contribution in [3.05, 3.63) is 120 Å². The van der Waals surface area contributed by atoms with Gasteiger partial charge in [0, 0.05) is 12.5 Å². The van der Waals surface area contributed by atoms with E-state index in [0.717, 1.165) is 46.6 Å². The van der Waals surface area contributed by atoms with Crippen LogP contribution in [-0.2, 0) is 11.2 Å². The van der Waals surface area contributed by atoms with Crippen molar-refractivity contribution in [2.75, 3.05) is 7.11 Å². The summed E-state index contributed by atoms with van der Waals surface area (Å²) in [7, 11) is 1.65. The van der Waals surface area contributed by atoms with Crippen molar-refractivity contribution in [2.45, 2.75) is 25.8 Å². The zero-order valence-corrected chi connectivity index (χ0v) is 21.2. The largest absolute Gasteiger partial charge is 0.497 e. The number of hydrogen-bond acceptors (Lipinski definition) is 6. The number of thiazole rings is 1. The second kappa shape index (κ2) is 9.33. The Morgan fingerprint density at radius 1 is 1.03 bits per heavy atom. The molecule has 0 spiro atoms. The van der Waals surface area contributed by atoms with Crippen LogP contribution in [0.25, 0.3) is 11.8 Å². The highest BCUT2D eigenvalue weighted by molar-refractivity contribution is 7.07. The molecular formula is C30H24N2O4S. The summed E-state index contributed by atoms with van der Waals surface area (Å²) in [5, 5.41) is 0. The van der Waals surface area contributed by atoms with Gasteiger partial charge in [-0.3, -0.25) is 14.2 Å². The number of methoxy groups -OCH3 is 1. The highest BCUT2D eigenvalue weighted by Gasteiger charge is 2.32. The van der Waals surface area contributed by atoms with Gasteiger partial charge in [-0.25, -0.2) is 4.99 Å². The number of allylic oxidation sites excluding steroid dienone is 1. The Kier molecular flexibility index (Phi) is 5.85. The van der Waals surface area contributed by atoms with Crippen molar-refractivity contribution in [2.24, 2.45) is 4.99 Å². The number of aromatic nitrogens is 1. The molecule has 1 aliphatic carbocycles. The summed E-state index contributed by atoms with van der Waals surface area (Å²) in [6.07, 6.45) is 3.56. The molecule has 0 saturated carbocycles. The number of ether oxygens (including phenoxy) is 2. The minimum atomic E-state index is -0.388. The van der Waals surface area contributed by atoms with Crippen molar-refractivity contribution in [3.8, 4) is 11.5 Å². The van der Waals surface area contributed by atoms with Gasteiger partial charge in [-0.15, -0.1) is 0 Å². The van der Waals surface area contributed by atoms with E-state index < -0.39 is 0 Å². The molecular weight excluding hydrogens is 484 g/mol. The van der Waals surface area contributed by atoms with Gasteiger partial charge in [-0.2, -0.15) is 0 Å². The third kappa shape index (κ3) is 4.21. The van der Waals surface area contributed by atoms with Gasteiger partial charge in [-0.05, 0) is 65.4 Å². The normalized spacial score (nSPS) is 16.4. The maximum absolute atomic E-state index is 13.9. The van der Waals surface area contributed by atoms with E-state index in [1.807, 2.05) is 47.0 Å². The van der Waals surface area contributed by atoms with Gasteiger partial charge in [-0.1, -0.05) is 59.9 Å². The van der Waals surface area contributed by atoms with Gasteiger partial charge in [0.2, 0.25) is 0 Å². The molecule has 1 aliphatic heterocycles. The number of carbonyl (C=O) groups excluding carboxylic acids is 1. The first-order chi connectivity index (χ1) is 18.0. The van der Waals surface area contributed by atoms with E-state index in [-0.39, 0.29) is 17.6 Å². The standard InChI is InChI=1S/C30H24N2O4S/c1-18(33)36-23-11-5-7-19(15-23)16-26-29(34)32-28(21-9-6-10-22(17-21)35-2)25-14-13-20-8-3-4-12-24(20)27(25)31-30(32)37-26/h3-12,15-17,28H,13-14H2,1-2H3/b26-16+/t28-/m0/s1. The number of carbonyl (C=O) groups is 1. The van der Waals surface area contributed by atoms with Gasteiger partial charge in [0.25, 0.3) is 5.56 Å². The summed E-state index contributed by atoms with van der Waals surface area (Å²) in [6.45, 7) is 1.36. The first-order valence-corrected chi connectivity index (χ1v) is 12.9. The van der Waals surface area contributed by atoms with Crippen LogP contribution in [0.1, 0.15) is 41.6 Å². The molecule has 7 heteroatoms. The van der Waals surface area contributed by atoms with Crippen LogP contribution >= 0.6 is 11.3 Å². The Labute approximate surface area is 217 Å². The van der Waals surface area contributed by atoms with Crippen LogP contribution in [0.4, 0.5) is 0 Å². The van der Waals surface area contributed by atoms with E-state index in [9.17, 15) is 9.59 Å². The maximum atomic E-state index is 13.9. The number of fused-ring (bicyclic) bond motifs is 3. The lowest BCUT2D eigenvalue weighted by Crippen LogP contribution is -2.38. The van der Waals surface area contributed by atoms with Crippen LogP contribution in [-0.4, -0.2) is 17.6 Å². The smallest absolute Gasteiger partial charge is 0.308 e. The molecule has 2 heterocycles. The van der Waals surface area contributed by atoms with Crippen LogP contribution in [0, 0.1) is 0 Å². The van der Waals surface area contributed by atoms with Gasteiger partial charge in [0.15, 0.2) is 4.80 Å². The van der Waals surface area contributed by atoms with Crippen LogP contribution in [0.3, 0.4) is 0 Å². The number of rotatable bonds is 4. The Hall–Kier alpha value is -4.23.